The highest BCUT2D eigenvalue weighted by atomic mass is 32.1. The minimum Gasteiger partial charge on any atom is -0.395 e. The monoisotopic (exact) mass is 242 g/mol. The Hall–Kier alpha value is -0.980. The highest BCUT2D eigenvalue weighted by Gasteiger charge is 2.24. The summed E-state index contributed by atoms with van der Waals surface area (Å²) < 4.78 is 0. The molecule has 1 aliphatic heterocycles. The summed E-state index contributed by atoms with van der Waals surface area (Å²) in [5.41, 5.74) is 0. The third kappa shape index (κ3) is 2.40. The molecule has 1 fully saturated rings. The number of hydrogen-bond donors (Lipinski definition) is 1. The first-order valence-electron chi connectivity index (χ1n) is 5.28. The molecule has 1 aromatic heterocycles. The zero-order valence-electron chi connectivity index (χ0n) is 8.83. The van der Waals surface area contributed by atoms with E-state index in [0.29, 0.717) is 6.54 Å². The second-order valence-electron chi connectivity index (χ2n) is 3.95. The van der Waals surface area contributed by atoms with Crippen LogP contribution in [0.2, 0.25) is 0 Å². The van der Waals surface area contributed by atoms with Crippen molar-refractivity contribution in [2.45, 2.75) is 25.4 Å². The molecule has 16 heavy (non-hydrogen) atoms. The van der Waals surface area contributed by atoms with Crippen LogP contribution in [-0.4, -0.2) is 34.1 Å². The second-order valence-corrected chi connectivity index (χ2v) is 5.09. The number of rotatable bonds is 4. The van der Waals surface area contributed by atoms with Gasteiger partial charge in [-0.05, 0) is 25.5 Å². The fourth-order valence-corrected chi connectivity index (χ4v) is 2.91. The first-order valence-corrected chi connectivity index (χ1v) is 6.10. The van der Waals surface area contributed by atoms with Crippen LogP contribution in [0.4, 0.5) is 5.00 Å². The van der Waals surface area contributed by atoms with E-state index in [1.165, 1.54) is 11.3 Å². The van der Waals surface area contributed by atoms with Gasteiger partial charge in [-0.3, -0.25) is 15.0 Å². The maximum absolute atomic E-state index is 10.5. The van der Waals surface area contributed by atoms with Gasteiger partial charge in [-0.1, -0.05) is 11.3 Å². The van der Waals surface area contributed by atoms with Gasteiger partial charge in [0.15, 0.2) is 0 Å². The summed E-state index contributed by atoms with van der Waals surface area (Å²) in [6.45, 7) is 1.86. The Labute approximate surface area is 97.5 Å². The molecule has 1 aliphatic rings. The molecule has 2 heterocycles. The second kappa shape index (κ2) is 4.90. The molecule has 0 amide bonds. The summed E-state index contributed by atoms with van der Waals surface area (Å²) in [6.07, 6.45) is 2.11. The van der Waals surface area contributed by atoms with E-state index >= 15 is 0 Å². The van der Waals surface area contributed by atoms with Gasteiger partial charge in [0, 0.05) is 23.5 Å². The average molecular weight is 242 g/mol. The normalized spacial score (nSPS) is 21.4. The van der Waals surface area contributed by atoms with Crippen LogP contribution in [0.3, 0.4) is 0 Å². The Morgan fingerprint density at radius 2 is 2.44 bits per heavy atom. The summed E-state index contributed by atoms with van der Waals surface area (Å²) in [6, 6.07) is 3.57. The molecular weight excluding hydrogens is 228 g/mol. The zero-order valence-corrected chi connectivity index (χ0v) is 9.65. The van der Waals surface area contributed by atoms with E-state index < -0.39 is 0 Å². The summed E-state index contributed by atoms with van der Waals surface area (Å²) in [7, 11) is 0. The third-order valence-corrected chi connectivity index (χ3v) is 3.92. The van der Waals surface area contributed by atoms with Crippen LogP contribution >= 0.6 is 11.3 Å². The van der Waals surface area contributed by atoms with E-state index in [0.717, 1.165) is 24.3 Å². The maximum Gasteiger partial charge on any atom is 0.324 e. The summed E-state index contributed by atoms with van der Waals surface area (Å²) in [5, 5.41) is 19.9. The van der Waals surface area contributed by atoms with Crippen molar-refractivity contribution < 1.29 is 10.0 Å². The van der Waals surface area contributed by atoms with Crippen LogP contribution in [0.15, 0.2) is 12.1 Å². The molecule has 0 aliphatic carbocycles. The number of thiophene rings is 1. The lowest BCUT2D eigenvalue weighted by atomic mass is 10.2. The highest BCUT2D eigenvalue weighted by Crippen LogP contribution is 2.27. The summed E-state index contributed by atoms with van der Waals surface area (Å²) >= 11 is 1.22. The van der Waals surface area contributed by atoms with Crippen LogP contribution in [0.1, 0.15) is 17.7 Å². The molecule has 6 heteroatoms. The van der Waals surface area contributed by atoms with Crippen molar-refractivity contribution in [3.63, 3.8) is 0 Å². The number of hydrogen-bond acceptors (Lipinski definition) is 5. The van der Waals surface area contributed by atoms with Crippen molar-refractivity contribution in [1.82, 2.24) is 4.90 Å². The number of aliphatic hydroxyl groups is 1. The number of nitro groups is 1. The molecule has 2 rings (SSSR count). The van der Waals surface area contributed by atoms with Gasteiger partial charge < -0.3 is 5.11 Å². The fraction of sp³-hybridized carbons (Fsp3) is 0.600. The minimum absolute atomic E-state index is 0.174. The van der Waals surface area contributed by atoms with Crippen LogP contribution in [-0.2, 0) is 6.54 Å². The molecule has 1 saturated heterocycles. The molecule has 0 radical (unpaired) electrons. The molecule has 1 aromatic rings. The number of aliphatic hydroxyl groups excluding tert-OH is 1. The molecule has 1 N–H and O–H groups in total. The standard InChI is InChI=1S/C10H14N2O3S/c13-7-8-2-1-5-11(8)6-9-3-4-10(16-9)12(14)15/h3-4,8,13H,1-2,5-7H2/t8-/m0/s1. The van der Waals surface area contributed by atoms with Gasteiger partial charge in [0.1, 0.15) is 0 Å². The fourth-order valence-electron chi connectivity index (χ4n) is 2.06. The Morgan fingerprint density at radius 3 is 3.06 bits per heavy atom. The quantitative estimate of drug-likeness (QED) is 0.643. The molecule has 0 unspecified atom stereocenters. The van der Waals surface area contributed by atoms with Gasteiger partial charge in [-0.2, -0.15) is 0 Å². The zero-order chi connectivity index (χ0) is 11.5. The van der Waals surface area contributed by atoms with Crippen LogP contribution < -0.4 is 0 Å². The van der Waals surface area contributed by atoms with E-state index in [4.69, 9.17) is 5.11 Å². The van der Waals surface area contributed by atoms with Crippen molar-refractivity contribution in [2.24, 2.45) is 0 Å². The highest BCUT2D eigenvalue weighted by molar-refractivity contribution is 7.15. The largest absolute Gasteiger partial charge is 0.395 e. The molecule has 5 nitrogen and oxygen atoms in total. The van der Waals surface area contributed by atoms with Gasteiger partial charge in [-0.25, -0.2) is 0 Å². The van der Waals surface area contributed by atoms with Gasteiger partial charge >= 0.3 is 5.00 Å². The number of likely N-dealkylation sites (tertiary alicyclic amines) is 1. The summed E-state index contributed by atoms with van der Waals surface area (Å²) in [5.74, 6) is 0. The lowest BCUT2D eigenvalue weighted by molar-refractivity contribution is -0.380. The molecule has 0 bridgehead atoms. The van der Waals surface area contributed by atoms with Crippen molar-refractivity contribution in [3.8, 4) is 0 Å². The van der Waals surface area contributed by atoms with Crippen LogP contribution in [0.25, 0.3) is 0 Å². The van der Waals surface area contributed by atoms with Gasteiger partial charge in [0.05, 0.1) is 11.5 Å². The van der Waals surface area contributed by atoms with Crippen molar-refractivity contribution >= 4 is 16.3 Å². The minimum atomic E-state index is -0.359. The molecular formula is C10H14N2O3S. The average Bonchev–Trinajstić information content (AvgIpc) is 2.87. The van der Waals surface area contributed by atoms with Gasteiger partial charge in [0.2, 0.25) is 0 Å². The molecule has 0 spiro atoms. The maximum atomic E-state index is 10.5. The SMILES string of the molecule is O=[N+]([O-])c1ccc(CN2CCC[C@H]2CO)s1. The van der Waals surface area contributed by atoms with E-state index in [1.807, 2.05) is 0 Å². The first kappa shape index (κ1) is 11.5. The van der Waals surface area contributed by atoms with Crippen LogP contribution in [0.5, 0.6) is 0 Å². The smallest absolute Gasteiger partial charge is 0.324 e. The Balaban J connectivity index is 2.00. The van der Waals surface area contributed by atoms with Gasteiger partial charge in [0.25, 0.3) is 0 Å². The van der Waals surface area contributed by atoms with E-state index in [9.17, 15) is 10.1 Å². The van der Waals surface area contributed by atoms with E-state index in [1.54, 1.807) is 12.1 Å². The van der Waals surface area contributed by atoms with E-state index in [-0.39, 0.29) is 22.6 Å². The molecule has 0 saturated carbocycles. The lowest BCUT2D eigenvalue weighted by Gasteiger charge is -2.21. The first-order chi connectivity index (χ1) is 7.70. The van der Waals surface area contributed by atoms with Crippen molar-refractivity contribution in [3.05, 3.63) is 27.1 Å². The molecule has 1 atom stereocenters. The Kier molecular flexibility index (Phi) is 3.52. The summed E-state index contributed by atoms with van der Waals surface area (Å²) in [4.78, 5) is 13.4. The third-order valence-electron chi connectivity index (χ3n) is 2.90. The molecule has 88 valence electrons. The predicted octanol–water partition coefficient (Wildman–Crippen LogP) is 1.61. The lowest BCUT2D eigenvalue weighted by Crippen LogP contribution is -2.31. The van der Waals surface area contributed by atoms with E-state index in [2.05, 4.69) is 4.90 Å². The predicted molar refractivity (Wildman–Crippen MR) is 61.5 cm³/mol. The topological polar surface area (TPSA) is 66.6 Å². The Bertz CT molecular complexity index is 380. The van der Waals surface area contributed by atoms with Gasteiger partial charge in [-0.15, -0.1) is 0 Å². The molecule has 0 aromatic carbocycles. The van der Waals surface area contributed by atoms with Crippen molar-refractivity contribution in [2.75, 3.05) is 13.2 Å². The van der Waals surface area contributed by atoms with Crippen LogP contribution in [0, 0.1) is 10.1 Å². The number of nitrogens with zero attached hydrogens (tertiary/aromatic N) is 2. The Morgan fingerprint density at radius 1 is 1.62 bits per heavy atom. The van der Waals surface area contributed by atoms with Crippen molar-refractivity contribution in [1.29, 1.82) is 0 Å².